The molecule has 0 amide bonds. The first-order valence-corrected chi connectivity index (χ1v) is 2.17. The Bertz CT molecular complexity index is 123. The van der Waals surface area contributed by atoms with E-state index in [1.807, 2.05) is 0 Å². The van der Waals surface area contributed by atoms with Crippen molar-refractivity contribution in [3.8, 4) is 6.07 Å². The number of nitrogens with two attached hydrogens (primary N) is 1. The molecule has 0 radical (unpaired) electrons. The van der Waals surface area contributed by atoms with Crippen molar-refractivity contribution in [2.24, 2.45) is 5.73 Å². The highest BCUT2D eigenvalue weighted by molar-refractivity contribution is 4.87. The van der Waals surface area contributed by atoms with Crippen LogP contribution in [0.1, 0.15) is 6.42 Å². The van der Waals surface area contributed by atoms with Gasteiger partial charge in [0.05, 0.1) is 12.5 Å². The number of halogens is 3. The van der Waals surface area contributed by atoms with Crippen molar-refractivity contribution >= 4 is 0 Å². The lowest BCUT2D eigenvalue weighted by atomic mass is 10.2. The SMILES string of the molecule is N#C[C@@H](N)CC(F)(F)F. The average Bonchev–Trinajstić information content (AvgIpc) is 1.62. The molecule has 1 atom stereocenters. The Morgan fingerprint density at radius 3 is 2.11 bits per heavy atom. The molecule has 2 N–H and O–H groups in total. The Morgan fingerprint density at radius 1 is 1.56 bits per heavy atom. The fourth-order valence-electron chi connectivity index (χ4n) is 0.295. The molecule has 0 aliphatic carbocycles. The maximum Gasteiger partial charge on any atom is 0.391 e. The molecule has 0 heterocycles. The molecule has 52 valence electrons. The third-order valence-electron chi connectivity index (χ3n) is 0.617. The van der Waals surface area contributed by atoms with E-state index in [1.165, 1.54) is 6.07 Å². The predicted octanol–water partition coefficient (Wildman–Crippen LogP) is 0.790. The lowest BCUT2D eigenvalue weighted by Crippen LogP contribution is -2.25. The summed E-state index contributed by atoms with van der Waals surface area (Å²) in [5.74, 6) is 0. The topological polar surface area (TPSA) is 49.8 Å². The van der Waals surface area contributed by atoms with Crippen LogP contribution in [0.5, 0.6) is 0 Å². The zero-order chi connectivity index (χ0) is 7.49. The van der Waals surface area contributed by atoms with Crippen molar-refractivity contribution in [1.29, 1.82) is 5.26 Å². The molecule has 0 aromatic heterocycles. The molecular weight excluding hydrogens is 133 g/mol. The molecule has 0 rings (SSSR count). The van der Waals surface area contributed by atoms with Gasteiger partial charge in [-0.25, -0.2) is 0 Å². The molecule has 2 nitrogen and oxygen atoms in total. The Balaban J connectivity index is 3.63. The lowest BCUT2D eigenvalue weighted by Gasteiger charge is -2.05. The Labute approximate surface area is 50.1 Å². The van der Waals surface area contributed by atoms with Crippen LogP contribution in [0.2, 0.25) is 0 Å². The van der Waals surface area contributed by atoms with Crippen LogP contribution in [-0.4, -0.2) is 12.2 Å². The number of alkyl halides is 3. The quantitative estimate of drug-likeness (QED) is 0.582. The molecule has 5 heteroatoms. The minimum Gasteiger partial charge on any atom is -0.316 e. The van der Waals surface area contributed by atoms with Gasteiger partial charge in [-0.2, -0.15) is 18.4 Å². The van der Waals surface area contributed by atoms with E-state index in [0.29, 0.717) is 0 Å². The van der Waals surface area contributed by atoms with Gasteiger partial charge >= 0.3 is 6.18 Å². The second kappa shape index (κ2) is 2.69. The van der Waals surface area contributed by atoms with E-state index in [4.69, 9.17) is 5.26 Å². The minimum atomic E-state index is -4.32. The van der Waals surface area contributed by atoms with Crippen molar-refractivity contribution in [2.75, 3.05) is 0 Å². The molecule has 0 aliphatic rings. The Kier molecular flexibility index (Phi) is 2.46. The maximum atomic E-state index is 11.3. The smallest absolute Gasteiger partial charge is 0.316 e. The van der Waals surface area contributed by atoms with Crippen molar-refractivity contribution < 1.29 is 13.2 Å². The number of hydrogen-bond donors (Lipinski definition) is 1. The fourth-order valence-corrected chi connectivity index (χ4v) is 0.295. The summed E-state index contributed by atoms with van der Waals surface area (Å²) >= 11 is 0. The second-order valence-corrected chi connectivity index (χ2v) is 1.55. The molecule has 0 saturated heterocycles. The first-order chi connectivity index (χ1) is 3.95. The number of hydrogen-bond acceptors (Lipinski definition) is 2. The van der Waals surface area contributed by atoms with Gasteiger partial charge in [-0.3, -0.25) is 0 Å². The van der Waals surface area contributed by atoms with Gasteiger partial charge in [-0.15, -0.1) is 0 Å². The van der Waals surface area contributed by atoms with Gasteiger partial charge < -0.3 is 5.73 Å². The van der Waals surface area contributed by atoms with Crippen LogP contribution in [0.3, 0.4) is 0 Å². The summed E-state index contributed by atoms with van der Waals surface area (Å²) in [5, 5.41) is 7.82. The normalized spacial score (nSPS) is 14.6. The highest BCUT2D eigenvalue weighted by Crippen LogP contribution is 2.20. The summed E-state index contributed by atoms with van der Waals surface area (Å²) in [6, 6.07) is -0.147. The van der Waals surface area contributed by atoms with Crippen LogP contribution in [-0.2, 0) is 0 Å². The van der Waals surface area contributed by atoms with E-state index in [2.05, 4.69) is 5.73 Å². The lowest BCUT2D eigenvalue weighted by molar-refractivity contribution is -0.135. The van der Waals surface area contributed by atoms with Gasteiger partial charge in [0.25, 0.3) is 0 Å². The highest BCUT2D eigenvalue weighted by atomic mass is 19.4. The predicted molar refractivity (Wildman–Crippen MR) is 24.3 cm³/mol. The summed E-state index contributed by atoms with van der Waals surface area (Å²) in [4.78, 5) is 0. The Hall–Kier alpha value is -0.760. The van der Waals surface area contributed by atoms with Gasteiger partial charge in [0.15, 0.2) is 0 Å². The van der Waals surface area contributed by atoms with Gasteiger partial charge in [0, 0.05) is 0 Å². The van der Waals surface area contributed by atoms with Crippen molar-refractivity contribution in [1.82, 2.24) is 0 Å². The molecule has 0 fully saturated rings. The Morgan fingerprint density at radius 2 is 2.00 bits per heavy atom. The van der Waals surface area contributed by atoms with Crippen molar-refractivity contribution in [3.05, 3.63) is 0 Å². The zero-order valence-corrected chi connectivity index (χ0v) is 4.44. The molecular formula is C4H5F3N2. The first-order valence-electron chi connectivity index (χ1n) is 2.17. The molecule has 0 spiro atoms. The molecule has 0 saturated carbocycles. The standard InChI is InChI=1S/C4H5F3N2/c5-4(6,7)1-3(9)2-8/h3H,1,9H2/t3-/m0/s1. The fraction of sp³-hybridized carbons (Fsp3) is 0.750. The summed E-state index contributed by atoms with van der Waals surface area (Å²) < 4.78 is 33.8. The minimum absolute atomic E-state index is 1.23. The van der Waals surface area contributed by atoms with Gasteiger partial charge in [-0.1, -0.05) is 0 Å². The van der Waals surface area contributed by atoms with E-state index >= 15 is 0 Å². The third kappa shape index (κ3) is 5.11. The molecule has 9 heavy (non-hydrogen) atoms. The second-order valence-electron chi connectivity index (χ2n) is 1.55. The van der Waals surface area contributed by atoms with Crippen LogP contribution in [0.15, 0.2) is 0 Å². The zero-order valence-electron chi connectivity index (χ0n) is 4.44. The van der Waals surface area contributed by atoms with Crippen molar-refractivity contribution in [3.63, 3.8) is 0 Å². The molecule has 0 bridgehead atoms. The van der Waals surface area contributed by atoms with Crippen LogP contribution in [0.4, 0.5) is 13.2 Å². The van der Waals surface area contributed by atoms with E-state index in [-0.39, 0.29) is 0 Å². The highest BCUT2D eigenvalue weighted by Gasteiger charge is 2.30. The molecule has 0 unspecified atom stereocenters. The van der Waals surface area contributed by atoms with E-state index in [0.717, 1.165) is 0 Å². The van der Waals surface area contributed by atoms with Crippen LogP contribution >= 0.6 is 0 Å². The average molecular weight is 138 g/mol. The molecule has 0 aromatic rings. The third-order valence-corrected chi connectivity index (χ3v) is 0.617. The van der Waals surface area contributed by atoms with E-state index in [1.54, 1.807) is 0 Å². The van der Waals surface area contributed by atoms with E-state index < -0.39 is 18.6 Å². The maximum absolute atomic E-state index is 11.3. The van der Waals surface area contributed by atoms with Gasteiger partial charge in [0.2, 0.25) is 0 Å². The largest absolute Gasteiger partial charge is 0.391 e. The summed E-state index contributed by atoms with van der Waals surface area (Å²) in [5.41, 5.74) is 4.68. The van der Waals surface area contributed by atoms with Crippen LogP contribution in [0, 0.1) is 11.3 Å². The molecule has 0 aliphatic heterocycles. The van der Waals surface area contributed by atoms with Crippen LogP contribution < -0.4 is 5.73 Å². The molecule has 0 aromatic carbocycles. The number of nitriles is 1. The summed E-state index contributed by atoms with van der Waals surface area (Å²) in [6.45, 7) is 0. The van der Waals surface area contributed by atoms with Gasteiger partial charge in [-0.05, 0) is 0 Å². The van der Waals surface area contributed by atoms with Gasteiger partial charge in [0.1, 0.15) is 6.04 Å². The van der Waals surface area contributed by atoms with Crippen LogP contribution in [0.25, 0.3) is 0 Å². The monoisotopic (exact) mass is 138 g/mol. The van der Waals surface area contributed by atoms with Crippen molar-refractivity contribution in [2.45, 2.75) is 18.6 Å². The summed E-state index contributed by atoms with van der Waals surface area (Å²) in [6.07, 6.45) is -5.56. The summed E-state index contributed by atoms with van der Waals surface area (Å²) in [7, 11) is 0. The number of nitrogens with zero attached hydrogens (tertiary/aromatic N) is 1. The first kappa shape index (κ1) is 8.24. The van der Waals surface area contributed by atoms with E-state index in [9.17, 15) is 13.2 Å². The number of rotatable bonds is 1.